The number of nitrogens with zero attached hydrogens (tertiary/aromatic N) is 3. The Morgan fingerprint density at radius 2 is 1.76 bits per heavy atom. The standard InChI is InChI=1S/C22H18F4N6O/c1-3-19(33)28-14-8-10-15(11-9-14)29-20-17(22(24,25)26)12-27-21(30-20)32-31-13(2)16-6-4-5-7-18(16)23/h3-12H,1H2,2H3,(H,28,33)(H2,27,29,30,32)/b31-13+. The lowest BCUT2D eigenvalue weighted by Gasteiger charge is -2.14. The fourth-order valence-electron chi connectivity index (χ4n) is 2.65. The smallest absolute Gasteiger partial charge is 0.340 e. The maximum absolute atomic E-state index is 13.9. The number of hydrogen-bond acceptors (Lipinski definition) is 6. The highest BCUT2D eigenvalue weighted by atomic mass is 19.4. The van der Waals surface area contributed by atoms with Crippen LogP contribution in [0.4, 0.5) is 40.7 Å². The van der Waals surface area contributed by atoms with Crippen molar-refractivity contribution in [2.45, 2.75) is 13.1 Å². The second-order valence-electron chi connectivity index (χ2n) is 6.64. The highest BCUT2D eigenvalue weighted by Gasteiger charge is 2.35. The summed E-state index contributed by atoms with van der Waals surface area (Å²) in [7, 11) is 0. The second-order valence-corrected chi connectivity index (χ2v) is 6.64. The normalized spacial score (nSPS) is 11.6. The molecule has 170 valence electrons. The van der Waals surface area contributed by atoms with E-state index >= 15 is 0 Å². The Kier molecular flexibility index (Phi) is 7.01. The quantitative estimate of drug-likeness (QED) is 0.192. The first-order valence-electron chi connectivity index (χ1n) is 9.47. The maximum atomic E-state index is 13.9. The van der Waals surface area contributed by atoms with Crippen LogP contribution in [0.1, 0.15) is 18.1 Å². The zero-order chi connectivity index (χ0) is 24.0. The summed E-state index contributed by atoms with van der Waals surface area (Å²) < 4.78 is 54.2. The van der Waals surface area contributed by atoms with E-state index < -0.39 is 29.3 Å². The van der Waals surface area contributed by atoms with Gasteiger partial charge in [-0.1, -0.05) is 24.8 Å². The fraction of sp³-hybridized carbons (Fsp3) is 0.0909. The molecule has 0 aliphatic rings. The molecule has 1 amide bonds. The highest BCUT2D eigenvalue weighted by Crippen LogP contribution is 2.35. The fourth-order valence-corrected chi connectivity index (χ4v) is 2.65. The SMILES string of the molecule is C=CC(=O)Nc1ccc(Nc2nc(N/N=C(\C)c3ccccc3F)ncc2C(F)(F)F)cc1. The lowest BCUT2D eigenvalue weighted by molar-refractivity contribution is -0.137. The van der Waals surface area contributed by atoms with E-state index in [2.05, 4.69) is 37.7 Å². The second kappa shape index (κ2) is 9.90. The van der Waals surface area contributed by atoms with Gasteiger partial charge in [-0.3, -0.25) is 4.79 Å². The lowest BCUT2D eigenvalue weighted by atomic mass is 10.1. The zero-order valence-corrected chi connectivity index (χ0v) is 17.2. The average Bonchev–Trinajstić information content (AvgIpc) is 2.78. The molecule has 0 bridgehead atoms. The first kappa shape index (κ1) is 23.4. The number of carbonyl (C=O) groups is 1. The minimum Gasteiger partial charge on any atom is -0.340 e. The molecule has 0 atom stereocenters. The molecule has 0 fully saturated rings. The molecule has 0 saturated carbocycles. The van der Waals surface area contributed by atoms with Gasteiger partial charge in [0.15, 0.2) is 0 Å². The maximum Gasteiger partial charge on any atom is 0.421 e. The summed E-state index contributed by atoms with van der Waals surface area (Å²) in [4.78, 5) is 18.9. The van der Waals surface area contributed by atoms with Crippen LogP contribution in [-0.4, -0.2) is 21.6 Å². The molecule has 0 aliphatic heterocycles. The molecular weight excluding hydrogens is 440 g/mol. The minimum atomic E-state index is -4.72. The number of alkyl halides is 3. The van der Waals surface area contributed by atoms with Crippen LogP contribution in [0.15, 0.2) is 72.5 Å². The van der Waals surface area contributed by atoms with E-state index in [9.17, 15) is 22.4 Å². The van der Waals surface area contributed by atoms with Crippen molar-refractivity contribution in [2.75, 3.05) is 16.1 Å². The Morgan fingerprint density at radius 3 is 2.39 bits per heavy atom. The van der Waals surface area contributed by atoms with Crippen molar-refractivity contribution in [3.05, 3.63) is 84.3 Å². The van der Waals surface area contributed by atoms with E-state index in [0.717, 1.165) is 6.08 Å². The number of carbonyl (C=O) groups excluding carboxylic acids is 1. The molecule has 0 aliphatic carbocycles. The van der Waals surface area contributed by atoms with Crippen molar-refractivity contribution in [1.29, 1.82) is 0 Å². The molecule has 1 aromatic heterocycles. The number of halogens is 4. The number of hydrazone groups is 1. The van der Waals surface area contributed by atoms with Crippen molar-refractivity contribution in [3.8, 4) is 0 Å². The lowest BCUT2D eigenvalue weighted by Crippen LogP contribution is -2.13. The van der Waals surface area contributed by atoms with E-state index in [1.54, 1.807) is 6.07 Å². The first-order valence-corrected chi connectivity index (χ1v) is 9.47. The predicted octanol–water partition coefficient (Wildman–Crippen LogP) is 5.34. The molecule has 0 spiro atoms. The Morgan fingerprint density at radius 1 is 1.09 bits per heavy atom. The van der Waals surface area contributed by atoms with Gasteiger partial charge < -0.3 is 10.6 Å². The van der Waals surface area contributed by atoms with Gasteiger partial charge in [0.25, 0.3) is 0 Å². The van der Waals surface area contributed by atoms with Gasteiger partial charge in [-0.25, -0.2) is 14.8 Å². The van der Waals surface area contributed by atoms with E-state index in [1.165, 1.54) is 49.4 Å². The van der Waals surface area contributed by atoms with Gasteiger partial charge in [-0.05, 0) is 43.3 Å². The summed E-state index contributed by atoms with van der Waals surface area (Å²) in [5.41, 5.74) is 2.55. The molecule has 33 heavy (non-hydrogen) atoms. The van der Waals surface area contributed by atoms with Crippen molar-refractivity contribution in [3.63, 3.8) is 0 Å². The summed E-state index contributed by atoms with van der Waals surface area (Å²) in [5, 5.41) is 9.08. The summed E-state index contributed by atoms with van der Waals surface area (Å²) in [6.07, 6.45) is -3.01. The third-order valence-corrected chi connectivity index (χ3v) is 4.28. The number of nitrogens with one attached hydrogen (secondary N) is 3. The number of rotatable bonds is 7. The number of benzene rings is 2. The topological polar surface area (TPSA) is 91.3 Å². The number of hydrogen-bond donors (Lipinski definition) is 3. The third kappa shape index (κ3) is 6.12. The van der Waals surface area contributed by atoms with Crippen LogP contribution in [0.5, 0.6) is 0 Å². The number of amides is 1. The van der Waals surface area contributed by atoms with Crippen LogP contribution in [0, 0.1) is 5.82 Å². The van der Waals surface area contributed by atoms with E-state index in [1.807, 2.05) is 0 Å². The zero-order valence-electron chi connectivity index (χ0n) is 17.2. The minimum absolute atomic E-state index is 0.221. The third-order valence-electron chi connectivity index (χ3n) is 4.28. The van der Waals surface area contributed by atoms with Gasteiger partial charge >= 0.3 is 6.18 Å². The van der Waals surface area contributed by atoms with Gasteiger partial charge in [0, 0.05) is 23.1 Å². The summed E-state index contributed by atoms with van der Waals surface area (Å²) in [6.45, 7) is 4.87. The van der Waals surface area contributed by atoms with Crippen molar-refractivity contribution in [1.82, 2.24) is 9.97 Å². The molecule has 3 aromatic rings. The summed E-state index contributed by atoms with van der Waals surface area (Å²) in [5.74, 6) is -1.66. The van der Waals surface area contributed by atoms with Crippen LogP contribution in [-0.2, 0) is 11.0 Å². The molecule has 1 heterocycles. The van der Waals surface area contributed by atoms with Crippen molar-refractivity contribution < 1.29 is 22.4 Å². The molecule has 0 unspecified atom stereocenters. The van der Waals surface area contributed by atoms with Gasteiger partial charge in [0.05, 0.1) is 5.71 Å². The van der Waals surface area contributed by atoms with Crippen LogP contribution in [0.25, 0.3) is 0 Å². The molecule has 3 rings (SSSR count). The first-order chi connectivity index (χ1) is 15.7. The van der Waals surface area contributed by atoms with Crippen LogP contribution in [0.2, 0.25) is 0 Å². The molecule has 3 N–H and O–H groups in total. The van der Waals surface area contributed by atoms with Crippen molar-refractivity contribution in [2.24, 2.45) is 5.10 Å². The van der Waals surface area contributed by atoms with E-state index in [0.29, 0.717) is 11.9 Å². The Bertz CT molecular complexity index is 1190. The van der Waals surface area contributed by atoms with E-state index in [-0.39, 0.29) is 22.9 Å². The van der Waals surface area contributed by atoms with Crippen LogP contribution in [0.3, 0.4) is 0 Å². The monoisotopic (exact) mass is 458 g/mol. The largest absolute Gasteiger partial charge is 0.421 e. The van der Waals surface area contributed by atoms with Gasteiger partial charge in [0.1, 0.15) is 17.2 Å². The van der Waals surface area contributed by atoms with Crippen molar-refractivity contribution >= 4 is 34.8 Å². The molecule has 0 radical (unpaired) electrons. The van der Waals surface area contributed by atoms with Gasteiger partial charge in [-0.15, -0.1) is 0 Å². The highest BCUT2D eigenvalue weighted by molar-refractivity contribution is 5.99. The molecular formula is C22H18F4N6O. The Hall–Kier alpha value is -4.28. The molecule has 2 aromatic carbocycles. The molecule has 7 nitrogen and oxygen atoms in total. The Balaban J connectivity index is 1.85. The number of aromatic nitrogens is 2. The summed E-state index contributed by atoms with van der Waals surface area (Å²) in [6, 6.07) is 11.9. The van der Waals surface area contributed by atoms with E-state index in [4.69, 9.17) is 0 Å². The van der Waals surface area contributed by atoms with Gasteiger partial charge in [0.2, 0.25) is 11.9 Å². The molecule has 11 heteroatoms. The number of anilines is 4. The summed E-state index contributed by atoms with van der Waals surface area (Å²) >= 11 is 0. The average molecular weight is 458 g/mol. The Labute approximate surface area is 186 Å². The molecule has 0 saturated heterocycles. The van der Waals surface area contributed by atoms with Crippen LogP contribution < -0.4 is 16.1 Å². The van der Waals surface area contributed by atoms with Gasteiger partial charge in [-0.2, -0.15) is 23.3 Å². The predicted molar refractivity (Wildman–Crippen MR) is 118 cm³/mol. The van der Waals surface area contributed by atoms with Crippen LogP contribution >= 0.6 is 0 Å².